The van der Waals surface area contributed by atoms with Gasteiger partial charge in [-0.1, -0.05) is 58.5 Å². The van der Waals surface area contributed by atoms with Crippen LogP contribution in [0.1, 0.15) is 19.4 Å². The third kappa shape index (κ3) is 5.62. The largest absolute Gasteiger partial charge is 0.415 e. The monoisotopic (exact) mass is 515 g/mol. The fourth-order valence-corrected chi connectivity index (χ4v) is 3.48. The second kappa shape index (κ2) is 10.2. The highest BCUT2D eigenvalue weighted by Crippen LogP contribution is 2.37. The van der Waals surface area contributed by atoms with Gasteiger partial charge in [0.2, 0.25) is 0 Å². The van der Waals surface area contributed by atoms with Gasteiger partial charge in [-0.25, -0.2) is 4.79 Å². The highest BCUT2D eigenvalue weighted by Gasteiger charge is 2.32. The summed E-state index contributed by atoms with van der Waals surface area (Å²) in [6, 6.07) is 12.7. The van der Waals surface area contributed by atoms with Gasteiger partial charge in [0, 0.05) is 36.2 Å². The van der Waals surface area contributed by atoms with Crippen molar-refractivity contribution in [3.8, 4) is 5.75 Å². The summed E-state index contributed by atoms with van der Waals surface area (Å²) >= 11 is 23.2. The van der Waals surface area contributed by atoms with Crippen molar-refractivity contribution in [3.05, 3.63) is 59.2 Å². The van der Waals surface area contributed by atoms with Crippen LogP contribution in [0.15, 0.2) is 48.7 Å². The van der Waals surface area contributed by atoms with E-state index in [0.29, 0.717) is 30.0 Å². The van der Waals surface area contributed by atoms with Gasteiger partial charge in [-0.05, 0) is 49.7 Å². The molecule has 6 nitrogen and oxygen atoms in total. The van der Waals surface area contributed by atoms with E-state index in [1.807, 2.05) is 48.9 Å². The third-order valence-electron chi connectivity index (χ3n) is 4.90. The molecular formula is C22H21Cl4N3O3. The van der Waals surface area contributed by atoms with Crippen molar-refractivity contribution >= 4 is 75.0 Å². The lowest BCUT2D eigenvalue weighted by atomic mass is 10.2. The third-order valence-corrected chi connectivity index (χ3v) is 5.66. The van der Waals surface area contributed by atoms with Crippen molar-refractivity contribution in [2.75, 3.05) is 18.4 Å². The summed E-state index contributed by atoms with van der Waals surface area (Å²) in [5.74, 6) is -0.707. The number of halogens is 4. The van der Waals surface area contributed by atoms with Crippen LogP contribution in [-0.2, 0) is 11.3 Å². The van der Waals surface area contributed by atoms with Crippen LogP contribution in [-0.4, -0.2) is 38.3 Å². The quantitative estimate of drug-likeness (QED) is 0.380. The lowest BCUT2D eigenvalue weighted by Crippen LogP contribution is -2.33. The average Bonchev–Trinajstić information content (AvgIpc) is 3.14. The molecule has 0 saturated carbocycles. The minimum Gasteiger partial charge on any atom is -0.408 e. The number of carbonyl (C=O) groups excluding carboxylic acids is 2. The van der Waals surface area contributed by atoms with Gasteiger partial charge in [0.15, 0.2) is 5.75 Å². The first-order valence-corrected chi connectivity index (χ1v) is 11.4. The van der Waals surface area contributed by atoms with Crippen LogP contribution in [0.25, 0.3) is 10.9 Å². The van der Waals surface area contributed by atoms with Crippen LogP contribution >= 0.6 is 46.4 Å². The summed E-state index contributed by atoms with van der Waals surface area (Å²) < 4.78 is 5.37. The first-order chi connectivity index (χ1) is 15.1. The van der Waals surface area contributed by atoms with Crippen LogP contribution in [0.2, 0.25) is 5.02 Å². The SMILES string of the molecule is CCN(CC)C(=O)Oc1ccc2c(ccn2Cc2ccc(Cl)cc2)c1NC(=O)C(Cl)(Cl)Cl. The average molecular weight is 517 g/mol. The van der Waals surface area contributed by atoms with Crippen molar-refractivity contribution in [1.82, 2.24) is 9.47 Å². The number of carbonyl (C=O) groups is 2. The highest BCUT2D eigenvalue weighted by molar-refractivity contribution is 6.76. The van der Waals surface area contributed by atoms with E-state index in [9.17, 15) is 9.59 Å². The molecule has 2 amide bonds. The van der Waals surface area contributed by atoms with Crippen LogP contribution < -0.4 is 10.1 Å². The molecule has 0 radical (unpaired) electrons. The number of hydrogen-bond acceptors (Lipinski definition) is 3. The Hall–Kier alpha value is -2.12. The fraction of sp³-hybridized carbons (Fsp3) is 0.273. The minimum absolute atomic E-state index is 0.154. The predicted molar refractivity (Wildman–Crippen MR) is 130 cm³/mol. The van der Waals surface area contributed by atoms with Gasteiger partial charge >= 0.3 is 6.09 Å². The molecule has 0 unspecified atom stereocenters. The molecule has 0 aliphatic rings. The lowest BCUT2D eigenvalue weighted by molar-refractivity contribution is -0.115. The zero-order valence-corrected chi connectivity index (χ0v) is 20.4. The van der Waals surface area contributed by atoms with Crippen LogP contribution in [0.3, 0.4) is 0 Å². The molecule has 32 heavy (non-hydrogen) atoms. The number of rotatable bonds is 6. The molecule has 0 atom stereocenters. The molecule has 0 fully saturated rings. The van der Waals surface area contributed by atoms with Crippen molar-refractivity contribution in [2.45, 2.75) is 24.2 Å². The Morgan fingerprint density at radius 3 is 2.28 bits per heavy atom. The molecule has 0 spiro atoms. The zero-order valence-electron chi connectivity index (χ0n) is 17.4. The Kier molecular flexibility index (Phi) is 7.83. The fourth-order valence-electron chi connectivity index (χ4n) is 3.22. The second-order valence-electron chi connectivity index (χ2n) is 6.93. The highest BCUT2D eigenvalue weighted by atomic mass is 35.6. The Morgan fingerprint density at radius 2 is 1.69 bits per heavy atom. The van der Waals surface area contributed by atoms with Crippen LogP contribution in [0.4, 0.5) is 10.5 Å². The maximum Gasteiger partial charge on any atom is 0.415 e. The number of nitrogens with zero attached hydrogens (tertiary/aromatic N) is 2. The van der Waals surface area contributed by atoms with E-state index < -0.39 is 15.8 Å². The Morgan fingerprint density at radius 1 is 1.03 bits per heavy atom. The standard InChI is InChI=1S/C22H21Cl4N3O3/c1-3-28(4-2)21(31)32-18-10-9-17-16(19(18)27-20(30)22(24,25)26)11-12-29(17)13-14-5-7-15(23)8-6-14/h5-12H,3-4,13H2,1-2H3,(H,27,30). The van der Waals surface area contributed by atoms with Crippen LogP contribution in [0, 0.1) is 0 Å². The summed E-state index contributed by atoms with van der Waals surface area (Å²) in [6.07, 6.45) is 1.32. The summed E-state index contributed by atoms with van der Waals surface area (Å²) in [7, 11) is 0. The Balaban J connectivity index is 2.02. The van der Waals surface area contributed by atoms with Gasteiger partial charge in [0.05, 0.1) is 11.2 Å². The van der Waals surface area contributed by atoms with Crippen LogP contribution in [0.5, 0.6) is 5.75 Å². The maximum absolute atomic E-state index is 12.5. The number of alkyl halides is 3. The van der Waals surface area contributed by atoms with Crippen molar-refractivity contribution in [1.29, 1.82) is 0 Å². The summed E-state index contributed by atoms with van der Waals surface area (Å²) in [4.78, 5) is 26.4. The molecule has 10 heteroatoms. The van der Waals surface area contributed by atoms with Gasteiger partial charge in [-0.2, -0.15) is 0 Å². The number of benzene rings is 2. The molecule has 1 aromatic heterocycles. The van der Waals surface area contributed by atoms with Gasteiger partial charge < -0.3 is 19.5 Å². The number of anilines is 1. The van der Waals surface area contributed by atoms with Gasteiger partial charge in [0.1, 0.15) is 0 Å². The zero-order chi connectivity index (χ0) is 23.5. The van der Waals surface area contributed by atoms with Gasteiger partial charge in [0.25, 0.3) is 9.70 Å². The van der Waals surface area contributed by atoms with E-state index in [1.54, 1.807) is 18.2 Å². The molecule has 0 saturated heterocycles. The minimum atomic E-state index is -2.19. The summed E-state index contributed by atoms with van der Waals surface area (Å²) in [5.41, 5.74) is 2.08. The maximum atomic E-state index is 12.5. The molecule has 0 aliphatic heterocycles. The van der Waals surface area contributed by atoms with Gasteiger partial charge in [-0.15, -0.1) is 0 Å². The number of fused-ring (bicyclic) bond motifs is 1. The number of aromatic nitrogens is 1. The van der Waals surface area contributed by atoms with E-state index in [0.717, 1.165) is 11.1 Å². The van der Waals surface area contributed by atoms with E-state index in [4.69, 9.17) is 51.1 Å². The van der Waals surface area contributed by atoms with E-state index in [-0.39, 0.29) is 11.4 Å². The molecular weight excluding hydrogens is 496 g/mol. The van der Waals surface area contributed by atoms with E-state index in [2.05, 4.69) is 5.32 Å². The number of hydrogen-bond donors (Lipinski definition) is 1. The molecule has 1 heterocycles. The first-order valence-electron chi connectivity index (χ1n) is 9.85. The topological polar surface area (TPSA) is 63.6 Å². The first kappa shape index (κ1) is 24.5. The smallest absolute Gasteiger partial charge is 0.408 e. The normalized spacial score (nSPS) is 11.4. The predicted octanol–water partition coefficient (Wildman–Crippen LogP) is 6.49. The number of nitrogens with one attached hydrogen (secondary N) is 1. The molecule has 2 aromatic carbocycles. The van der Waals surface area contributed by atoms with Crippen molar-refractivity contribution < 1.29 is 14.3 Å². The Labute approximate surface area is 205 Å². The number of ether oxygens (including phenoxy) is 1. The van der Waals surface area contributed by atoms with Gasteiger partial charge in [-0.3, -0.25) is 4.79 Å². The van der Waals surface area contributed by atoms with E-state index >= 15 is 0 Å². The second-order valence-corrected chi connectivity index (χ2v) is 9.65. The number of amides is 2. The lowest BCUT2D eigenvalue weighted by Gasteiger charge is -2.20. The van der Waals surface area contributed by atoms with Crippen molar-refractivity contribution in [3.63, 3.8) is 0 Å². The molecule has 3 aromatic rings. The summed E-state index contributed by atoms with van der Waals surface area (Å²) in [5, 5.41) is 3.88. The molecule has 0 aliphatic carbocycles. The van der Waals surface area contributed by atoms with E-state index in [1.165, 1.54) is 4.90 Å². The summed E-state index contributed by atoms with van der Waals surface area (Å²) in [6.45, 7) is 5.21. The molecule has 1 N–H and O–H groups in total. The molecule has 170 valence electrons. The van der Waals surface area contributed by atoms with Crippen molar-refractivity contribution in [2.24, 2.45) is 0 Å². The molecule has 0 bridgehead atoms. The Bertz CT molecular complexity index is 1120. The molecule has 3 rings (SSSR count).